The van der Waals surface area contributed by atoms with E-state index in [0.29, 0.717) is 6.04 Å². The predicted molar refractivity (Wildman–Crippen MR) is 84.0 cm³/mol. The van der Waals surface area contributed by atoms with Crippen molar-refractivity contribution in [3.8, 4) is 0 Å². The highest BCUT2D eigenvalue weighted by atomic mass is 15.1. The van der Waals surface area contributed by atoms with Gasteiger partial charge in [0, 0.05) is 11.7 Å². The maximum absolute atomic E-state index is 4.06. The Kier molecular flexibility index (Phi) is 5.36. The first-order valence-corrected chi connectivity index (χ1v) is 7.43. The summed E-state index contributed by atoms with van der Waals surface area (Å²) >= 11 is 0. The second-order valence-electron chi connectivity index (χ2n) is 5.61. The molecule has 3 nitrogen and oxygen atoms in total. The smallest absolute Gasteiger partial charge is 0.0522 e. The highest BCUT2D eigenvalue weighted by Crippen LogP contribution is 2.10. The second kappa shape index (κ2) is 7.25. The Hall–Kier alpha value is -1.61. The average Bonchev–Trinajstić information content (AvgIpc) is 2.83. The van der Waals surface area contributed by atoms with Crippen LogP contribution >= 0.6 is 0 Å². The van der Waals surface area contributed by atoms with Crippen molar-refractivity contribution in [1.29, 1.82) is 0 Å². The molecule has 1 aromatic carbocycles. The Morgan fingerprint density at radius 2 is 2.00 bits per heavy atom. The van der Waals surface area contributed by atoms with E-state index in [-0.39, 0.29) is 0 Å². The summed E-state index contributed by atoms with van der Waals surface area (Å²) in [5.74, 6) is 0. The molecule has 0 aliphatic heterocycles. The van der Waals surface area contributed by atoms with Crippen LogP contribution in [0.25, 0.3) is 0 Å². The number of nitrogens with one attached hydrogen (secondary N) is 2. The molecule has 0 amide bonds. The van der Waals surface area contributed by atoms with Gasteiger partial charge in [0.2, 0.25) is 0 Å². The molecule has 0 fully saturated rings. The fourth-order valence-electron chi connectivity index (χ4n) is 2.50. The van der Waals surface area contributed by atoms with Crippen LogP contribution in [-0.2, 0) is 12.8 Å². The highest BCUT2D eigenvalue weighted by Gasteiger charge is 2.05. The van der Waals surface area contributed by atoms with Crippen molar-refractivity contribution >= 4 is 0 Å². The maximum atomic E-state index is 4.06. The molecule has 1 atom stereocenters. The van der Waals surface area contributed by atoms with E-state index in [1.54, 1.807) is 0 Å². The molecular formula is C17H25N3. The van der Waals surface area contributed by atoms with Crippen molar-refractivity contribution in [2.24, 2.45) is 0 Å². The van der Waals surface area contributed by atoms with Gasteiger partial charge in [-0.25, -0.2) is 0 Å². The van der Waals surface area contributed by atoms with Gasteiger partial charge in [-0.15, -0.1) is 0 Å². The molecule has 1 aromatic heterocycles. The van der Waals surface area contributed by atoms with Gasteiger partial charge in [-0.05, 0) is 63.3 Å². The van der Waals surface area contributed by atoms with Crippen LogP contribution in [0.5, 0.6) is 0 Å². The van der Waals surface area contributed by atoms with E-state index in [9.17, 15) is 0 Å². The summed E-state index contributed by atoms with van der Waals surface area (Å²) in [4.78, 5) is 0. The number of H-pyrrole nitrogens is 1. The number of hydrogen-bond acceptors (Lipinski definition) is 2. The van der Waals surface area contributed by atoms with E-state index >= 15 is 0 Å². The molecule has 108 valence electrons. The van der Waals surface area contributed by atoms with Gasteiger partial charge in [0.15, 0.2) is 0 Å². The van der Waals surface area contributed by atoms with E-state index in [2.05, 4.69) is 60.6 Å². The summed E-state index contributed by atoms with van der Waals surface area (Å²) < 4.78 is 0. The minimum Gasteiger partial charge on any atom is -0.314 e. The van der Waals surface area contributed by atoms with Crippen LogP contribution in [0.4, 0.5) is 0 Å². The number of aryl methyl sites for hydroxylation is 3. The average molecular weight is 271 g/mol. The molecular weight excluding hydrogens is 246 g/mol. The molecule has 2 aromatic rings. The second-order valence-corrected chi connectivity index (χ2v) is 5.61. The molecule has 0 aliphatic rings. The van der Waals surface area contributed by atoms with E-state index in [1.807, 2.05) is 6.20 Å². The van der Waals surface area contributed by atoms with Gasteiger partial charge in [0.25, 0.3) is 0 Å². The van der Waals surface area contributed by atoms with E-state index < -0.39 is 0 Å². The van der Waals surface area contributed by atoms with Crippen LogP contribution in [-0.4, -0.2) is 22.8 Å². The highest BCUT2D eigenvalue weighted by molar-refractivity contribution is 5.26. The summed E-state index contributed by atoms with van der Waals surface area (Å²) in [7, 11) is 0. The molecule has 20 heavy (non-hydrogen) atoms. The van der Waals surface area contributed by atoms with Gasteiger partial charge in [-0.1, -0.05) is 24.3 Å². The Morgan fingerprint density at radius 1 is 1.20 bits per heavy atom. The number of aromatic nitrogens is 2. The third kappa shape index (κ3) is 4.20. The van der Waals surface area contributed by atoms with E-state index in [4.69, 9.17) is 0 Å². The van der Waals surface area contributed by atoms with E-state index in [1.165, 1.54) is 22.4 Å². The van der Waals surface area contributed by atoms with E-state index in [0.717, 1.165) is 25.8 Å². The van der Waals surface area contributed by atoms with Crippen LogP contribution < -0.4 is 5.32 Å². The number of nitrogens with zero attached hydrogens (tertiary/aromatic N) is 1. The third-order valence-electron chi connectivity index (χ3n) is 3.84. The van der Waals surface area contributed by atoms with Crippen LogP contribution in [0, 0.1) is 13.8 Å². The maximum Gasteiger partial charge on any atom is 0.0522 e. The lowest BCUT2D eigenvalue weighted by Crippen LogP contribution is -2.29. The first-order chi connectivity index (χ1) is 9.66. The Morgan fingerprint density at radius 3 is 2.70 bits per heavy atom. The molecule has 0 aliphatic carbocycles. The Labute approximate surface area is 121 Å². The lowest BCUT2D eigenvalue weighted by atomic mass is 10.0. The monoisotopic (exact) mass is 271 g/mol. The van der Waals surface area contributed by atoms with Crippen LogP contribution in [0.15, 0.2) is 30.5 Å². The first-order valence-electron chi connectivity index (χ1n) is 7.43. The topological polar surface area (TPSA) is 40.7 Å². The molecule has 0 spiro atoms. The van der Waals surface area contributed by atoms with Gasteiger partial charge in [0.05, 0.1) is 6.20 Å². The van der Waals surface area contributed by atoms with Crippen molar-refractivity contribution in [2.45, 2.75) is 46.1 Å². The standard InChI is InChI=1S/C17H25N3/c1-13-7-4-5-8-16(13)11-14(2)18-10-6-9-17-12-19-20-15(17)3/h4-5,7-8,12,14,18H,6,9-11H2,1-3H3,(H,19,20). The molecule has 3 heteroatoms. The Bertz CT molecular complexity index is 531. The molecule has 1 heterocycles. The number of aromatic amines is 1. The minimum atomic E-state index is 0.515. The van der Waals surface area contributed by atoms with Gasteiger partial charge in [0.1, 0.15) is 0 Å². The molecule has 1 unspecified atom stereocenters. The zero-order valence-corrected chi connectivity index (χ0v) is 12.7. The van der Waals surface area contributed by atoms with Gasteiger partial charge in [-0.2, -0.15) is 5.10 Å². The normalized spacial score (nSPS) is 12.6. The molecule has 0 saturated carbocycles. The van der Waals surface area contributed by atoms with Gasteiger partial charge >= 0.3 is 0 Å². The van der Waals surface area contributed by atoms with Crippen molar-refractivity contribution in [2.75, 3.05) is 6.54 Å². The lowest BCUT2D eigenvalue weighted by molar-refractivity contribution is 0.533. The number of rotatable bonds is 7. The first kappa shape index (κ1) is 14.8. The van der Waals surface area contributed by atoms with Crippen molar-refractivity contribution in [3.63, 3.8) is 0 Å². The fraction of sp³-hybridized carbons (Fsp3) is 0.471. The predicted octanol–water partition coefficient (Wildman–Crippen LogP) is 3.18. The Balaban J connectivity index is 1.69. The van der Waals surface area contributed by atoms with Gasteiger partial charge in [-0.3, -0.25) is 5.10 Å². The molecule has 0 saturated heterocycles. The van der Waals surface area contributed by atoms with Crippen molar-refractivity contribution in [1.82, 2.24) is 15.5 Å². The van der Waals surface area contributed by atoms with Crippen molar-refractivity contribution < 1.29 is 0 Å². The largest absolute Gasteiger partial charge is 0.314 e. The van der Waals surface area contributed by atoms with Gasteiger partial charge < -0.3 is 5.32 Å². The zero-order chi connectivity index (χ0) is 14.4. The summed E-state index contributed by atoms with van der Waals surface area (Å²) in [6.45, 7) is 7.58. The summed E-state index contributed by atoms with van der Waals surface area (Å²) in [6.07, 6.45) is 5.27. The summed E-state index contributed by atoms with van der Waals surface area (Å²) in [5.41, 5.74) is 5.35. The minimum absolute atomic E-state index is 0.515. The number of hydrogen-bond donors (Lipinski definition) is 2. The molecule has 0 radical (unpaired) electrons. The molecule has 0 bridgehead atoms. The summed E-state index contributed by atoms with van der Waals surface area (Å²) in [6, 6.07) is 9.15. The number of benzene rings is 1. The van der Waals surface area contributed by atoms with Crippen molar-refractivity contribution in [3.05, 3.63) is 52.8 Å². The van der Waals surface area contributed by atoms with Crippen LogP contribution in [0.2, 0.25) is 0 Å². The molecule has 2 N–H and O–H groups in total. The fourth-order valence-corrected chi connectivity index (χ4v) is 2.50. The van der Waals surface area contributed by atoms with Crippen LogP contribution in [0.1, 0.15) is 35.7 Å². The zero-order valence-electron chi connectivity index (χ0n) is 12.7. The SMILES string of the molecule is Cc1ccccc1CC(C)NCCCc1cn[nH]c1C. The quantitative estimate of drug-likeness (QED) is 0.759. The molecule has 2 rings (SSSR count). The van der Waals surface area contributed by atoms with Crippen LogP contribution in [0.3, 0.4) is 0 Å². The lowest BCUT2D eigenvalue weighted by Gasteiger charge is -2.15. The summed E-state index contributed by atoms with van der Waals surface area (Å²) in [5, 5.41) is 10.7. The third-order valence-corrected chi connectivity index (χ3v) is 3.84.